The molecule has 0 atom stereocenters. The van der Waals surface area contributed by atoms with Gasteiger partial charge in [0.15, 0.2) is 17.3 Å². The molecule has 0 radical (unpaired) electrons. The van der Waals surface area contributed by atoms with Gasteiger partial charge in [-0.25, -0.2) is 4.79 Å². The van der Waals surface area contributed by atoms with Crippen molar-refractivity contribution < 1.29 is 19.1 Å². The van der Waals surface area contributed by atoms with Gasteiger partial charge in [-0.3, -0.25) is 23.5 Å². The molecule has 4 aromatic rings. The number of hydrogen-bond acceptors (Lipinski definition) is 7. The van der Waals surface area contributed by atoms with Gasteiger partial charge >= 0.3 is 5.69 Å². The van der Waals surface area contributed by atoms with E-state index in [1.165, 1.54) is 20.5 Å². The van der Waals surface area contributed by atoms with Crippen molar-refractivity contribution in [2.24, 2.45) is 0 Å². The molecule has 0 fully saturated rings. The molecule has 0 bridgehead atoms. The Hall–Kier alpha value is -4.18. The highest BCUT2D eigenvalue weighted by atomic mass is 32.1. The quantitative estimate of drug-likeness (QED) is 0.233. The largest absolute Gasteiger partial charge is 0.454 e. The van der Waals surface area contributed by atoms with Gasteiger partial charge < -0.3 is 14.8 Å². The molecule has 0 saturated heterocycles. The summed E-state index contributed by atoms with van der Waals surface area (Å²) in [5.41, 5.74) is 1.08. The van der Waals surface area contributed by atoms with Gasteiger partial charge in [0.2, 0.25) is 12.7 Å². The minimum absolute atomic E-state index is 0.0679. The van der Waals surface area contributed by atoms with Crippen molar-refractivity contribution >= 4 is 33.2 Å². The van der Waals surface area contributed by atoms with E-state index in [9.17, 15) is 19.2 Å². The number of unbranched alkanes of at least 4 members (excludes halogenated alkanes) is 2. The molecule has 0 spiro atoms. The Kier molecular flexibility index (Phi) is 7.69. The summed E-state index contributed by atoms with van der Waals surface area (Å²) in [5.74, 6) is 1.11. The van der Waals surface area contributed by atoms with Crippen LogP contribution in [-0.4, -0.2) is 27.6 Å². The lowest BCUT2D eigenvalue weighted by atomic mass is 10.1. The number of thiophene rings is 1. The predicted molar refractivity (Wildman–Crippen MR) is 144 cm³/mol. The Morgan fingerprint density at radius 3 is 2.58 bits per heavy atom. The first-order chi connectivity index (χ1) is 18.5. The molecule has 1 aliphatic rings. The van der Waals surface area contributed by atoms with E-state index in [4.69, 9.17) is 9.47 Å². The zero-order valence-corrected chi connectivity index (χ0v) is 21.5. The van der Waals surface area contributed by atoms with E-state index >= 15 is 0 Å². The molecular weight excluding hydrogens is 506 g/mol. The van der Waals surface area contributed by atoms with E-state index in [1.807, 2.05) is 24.3 Å². The van der Waals surface area contributed by atoms with Gasteiger partial charge in [-0.15, -0.1) is 11.3 Å². The first-order valence-corrected chi connectivity index (χ1v) is 13.3. The van der Waals surface area contributed by atoms with Crippen LogP contribution in [0.15, 0.2) is 69.6 Å². The number of rotatable bonds is 11. The fourth-order valence-electron chi connectivity index (χ4n) is 4.41. The van der Waals surface area contributed by atoms with Crippen LogP contribution in [-0.2, 0) is 24.4 Å². The first-order valence-electron chi connectivity index (χ1n) is 12.5. The second-order valence-electron chi connectivity index (χ2n) is 9.02. The summed E-state index contributed by atoms with van der Waals surface area (Å²) in [7, 11) is 0. The van der Waals surface area contributed by atoms with Crippen LogP contribution in [0.2, 0.25) is 0 Å². The van der Waals surface area contributed by atoms with Crippen LogP contribution in [0.4, 0.5) is 0 Å². The Morgan fingerprint density at radius 1 is 0.921 bits per heavy atom. The Bertz CT molecular complexity index is 1590. The molecular formula is C28H27N3O6S. The van der Waals surface area contributed by atoms with E-state index in [0.717, 1.165) is 5.56 Å². The molecule has 0 saturated carbocycles. The number of benzene rings is 2. The zero-order valence-electron chi connectivity index (χ0n) is 20.7. The summed E-state index contributed by atoms with van der Waals surface area (Å²) in [6.45, 7) is 0.689. The average Bonchev–Trinajstić information content (AvgIpc) is 3.61. The molecule has 5 rings (SSSR count). The summed E-state index contributed by atoms with van der Waals surface area (Å²) in [4.78, 5) is 51.3. The summed E-state index contributed by atoms with van der Waals surface area (Å²) in [6, 6.07) is 16.0. The van der Waals surface area contributed by atoms with Crippen molar-refractivity contribution in [3.8, 4) is 11.5 Å². The number of hydrogen-bond donors (Lipinski definition) is 1. The maximum Gasteiger partial charge on any atom is 0.331 e. The molecule has 1 aliphatic heterocycles. The Labute approximate surface area is 222 Å². The second-order valence-corrected chi connectivity index (χ2v) is 9.94. The molecule has 10 heteroatoms. The lowest BCUT2D eigenvalue weighted by molar-refractivity contribution is -0.121. The minimum Gasteiger partial charge on any atom is -0.454 e. The van der Waals surface area contributed by atoms with Crippen molar-refractivity contribution in [2.75, 3.05) is 6.79 Å². The van der Waals surface area contributed by atoms with Crippen molar-refractivity contribution in [1.29, 1.82) is 0 Å². The maximum atomic E-state index is 13.2. The first kappa shape index (κ1) is 25.5. The number of nitrogens with one attached hydrogen (secondary N) is 1. The SMILES string of the molecule is O=C(CCCCCn1c(=O)c2sccc2n(CC(=O)c2ccccc2)c1=O)NCc1ccc2c(c1)OCO2. The second kappa shape index (κ2) is 11.5. The zero-order chi connectivity index (χ0) is 26.5. The third-order valence-electron chi connectivity index (χ3n) is 6.45. The molecule has 1 amide bonds. The van der Waals surface area contributed by atoms with Gasteiger partial charge in [0.05, 0.1) is 12.1 Å². The summed E-state index contributed by atoms with van der Waals surface area (Å²) in [5, 5.41) is 4.65. The normalized spacial score (nSPS) is 12.1. The van der Waals surface area contributed by atoms with Crippen LogP contribution >= 0.6 is 11.3 Å². The number of fused-ring (bicyclic) bond motifs is 2. The van der Waals surface area contributed by atoms with Crippen molar-refractivity contribution in [1.82, 2.24) is 14.5 Å². The van der Waals surface area contributed by atoms with Crippen LogP contribution in [0.5, 0.6) is 11.5 Å². The topological polar surface area (TPSA) is 109 Å². The van der Waals surface area contributed by atoms with Crippen LogP contribution in [0.3, 0.4) is 0 Å². The third kappa shape index (κ3) is 5.55. The number of aromatic nitrogens is 2. The smallest absolute Gasteiger partial charge is 0.331 e. The molecule has 2 aromatic carbocycles. The number of amides is 1. The molecule has 196 valence electrons. The van der Waals surface area contributed by atoms with E-state index < -0.39 is 5.69 Å². The van der Waals surface area contributed by atoms with E-state index in [1.54, 1.807) is 35.7 Å². The number of Topliss-reactive ketones (excluding diaryl/α,β-unsaturated/α-hetero) is 1. The maximum absolute atomic E-state index is 13.2. The van der Waals surface area contributed by atoms with Gasteiger partial charge in [-0.1, -0.05) is 42.8 Å². The number of ketones is 1. The van der Waals surface area contributed by atoms with Crippen molar-refractivity contribution in [3.63, 3.8) is 0 Å². The van der Waals surface area contributed by atoms with Gasteiger partial charge in [0.1, 0.15) is 4.70 Å². The van der Waals surface area contributed by atoms with Gasteiger partial charge in [-0.05, 0) is 42.0 Å². The van der Waals surface area contributed by atoms with Crippen LogP contribution in [0.25, 0.3) is 10.2 Å². The number of nitrogens with zero attached hydrogens (tertiary/aromatic N) is 2. The molecule has 1 N–H and O–H groups in total. The number of carbonyl (C=O) groups excluding carboxylic acids is 2. The summed E-state index contributed by atoms with van der Waals surface area (Å²) >= 11 is 1.26. The highest BCUT2D eigenvalue weighted by Gasteiger charge is 2.17. The average molecular weight is 534 g/mol. The fourth-order valence-corrected chi connectivity index (χ4v) is 5.26. The standard InChI is InChI=1S/C28H27N3O6S/c32-22(20-7-3-1-4-8-20)17-31-21-12-14-38-26(21)27(34)30(28(31)35)13-6-2-5-9-25(33)29-16-19-10-11-23-24(15-19)37-18-36-23/h1,3-4,7-8,10-12,14-15H,2,5-6,9,13,16-18H2,(H,29,33). The van der Waals surface area contributed by atoms with Crippen molar-refractivity contribution in [3.05, 3.63) is 91.9 Å². The predicted octanol–water partition coefficient (Wildman–Crippen LogP) is 3.71. The van der Waals surface area contributed by atoms with Gasteiger partial charge in [-0.2, -0.15) is 0 Å². The minimum atomic E-state index is -0.494. The summed E-state index contributed by atoms with van der Waals surface area (Å²) in [6.07, 6.45) is 2.21. The molecule has 0 aliphatic carbocycles. The van der Waals surface area contributed by atoms with E-state index in [-0.39, 0.29) is 37.1 Å². The molecule has 3 heterocycles. The van der Waals surface area contributed by atoms with E-state index in [2.05, 4.69) is 5.32 Å². The molecule has 9 nitrogen and oxygen atoms in total. The molecule has 0 unspecified atom stereocenters. The molecule has 2 aromatic heterocycles. The lowest BCUT2D eigenvalue weighted by Crippen LogP contribution is -2.40. The Balaban J connectivity index is 1.15. The monoisotopic (exact) mass is 533 g/mol. The number of ether oxygens (including phenoxy) is 2. The fraction of sp³-hybridized carbons (Fsp3) is 0.286. The number of carbonyl (C=O) groups is 2. The van der Waals surface area contributed by atoms with Gasteiger partial charge in [0, 0.05) is 25.1 Å². The lowest BCUT2D eigenvalue weighted by Gasteiger charge is -2.12. The van der Waals surface area contributed by atoms with Crippen LogP contribution in [0.1, 0.15) is 41.6 Å². The Morgan fingerprint density at radius 2 is 1.74 bits per heavy atom. The van der Waals surface area contributed by atoms with Gasteiger partial charge in [0.25, 0.3) is 5.56 Å². The highest BCUT2D eigenvalue weighted by Crippen LogP contribution is 2.32. The van der Waals surface area contributed by atoms with Crippen LogP contribution in [0, 0.1) is 0 Å². The molecule has 38 heavy (non-hydrogen) atoms. The van der Waals surface area contributed by atoms with Crippen LogP contribution < -0.4 is 26.0 Å². The van der Waals surface area contributed by atoms with E-state index in [0.29, 0.717) is 59.5 Å². The van der Waals surface area contributed by atoms with Crippen molar-refractivity contribution in [2.45, 2.75) is 45.3 Å². The third-order valence-corrected chi connectivity index (χ3v) is 7.34. The summed E-state index contributed by atoms with van der Waals surface area (Å²) < 4.78 is 13.7. The highest BCUT2D eigenvalue weighted by molar-refractivity contribution is 7.17.